The summed E-state index contributed by atoms with van der Waals surface area (Å²) in [6.07, 6.45) is 0.308. The summed E-state index contributed by atoms with van der Waals surface area (Å²) < 4.78 is 102. The first-order valence-electron chi connectivity index (χ1n) is 11.5. The maximum absolute atomic E-state index is 15.6. The van der Waals surface area contributed by atoms with Crippen LogP contribution in [0.2, 0.25) is 0 Å². The number of carbonyl (C=O) groups excluding carboxylic acids is 1. The van der Waals surface area contributed by atoms with Gasteiger partial charge in [0.05, 0.1) is 12.6 Å². The van der Waals surface area contributed by atoms with Crippen LogP contribution >= 0.6 is 0 Å². The first-order valence-corrected chi connectivity index (χ1v) is 13.0. The van der Waals surface area contributed by atoms with Gasteiger partial charge in [0.2, 0.25) is 0 Å². The average Bonchev–Trinajstić information content (AvgIpc) is 3.49. The van der Waals surface area contributed by atoms with E-state index in [4.69, 9.17) is 4.74 Å². The number of carbonyl (C=O) groups is 1. The topological polar surface area (TPSA) is 75.7 Å². The van der Waals surface area contributed by atoms with E-state index in [-0.39, 0.29) is 29.7 Å². The van der Waals surface area contributed by atoms with Crippen LogP contribution in [0.25, 0.3) is 11.1 Å². The van der Waals surface area contributed by atoms with Crippen molar-refractivity contribution in [2.45, 2.75) is 49.6 Å². The summed E-state index contributed by atoms with van der Waals surface area (Å²) in [6.45, 7) is 0.456. The first kappa shape index (κ1) is 25.1. The minimum Gasteiger partial charge on any atom is -0.368 e. The number of sulfonamides is 1. The summed E-state index contributed by atoms with van der Waals surface area (Å²) in [5.41, 5.74) is -1.09. The molecule has 194 valence electrons. The van der Waals surface area contributed by atoms with Gasteiger partial charge in [-0.15, -0.1) is 0 Å². The van der Waals surface area contributed by atoms with E-state index in [0.717, 1.165) is 24.3 Å². The minimum absolute atomic E-state index is 0.0838. The van der Waals surface area contributed by atoms with E-state index in [1.807, 2.05) is 4.72 Å². The highest BCUT2D eigenvalue weighted by atomic mass is 32.2. The lowest BCUT2D eigenvalue weighted by atomic mass is 9.91. The second kappa shape index (κ2) is 9.07. The van der Waals surface area contributed by atoms with E-state index in [0.29, 0.717) is 25.9 Å². The van der Waals surface area contributed by atoms with E-state index >= 15 is 4.39 Å². The van der Waals surface area contributed by atoms with Crippen LogP contribution in [0.15, 0.2) is 36.4 Å². The van der Waals surface area contributed by atoms with Gasteiger partial charge in [0, 0.05) is 30.0 Å². The Kier molecular flexibility index (Phi) is 6.32. The molecule has 2 aromatic carbocycles. The molecule has 1 N–H and O–H groups in total. The summed E-state index contributed by atoms with van der Waals surface area (Å²) in [7, 11) is -5.04. The second-order valence-electron chi connectivity index (χ2n) is 9.59. The molecule has 6 nitrogen and oxygen atoms in total. The van der Waals surface area contributed by atoms with Crippen molar-refractivity contribution in [1.82, 2.24) is 9.62 Å². The lowest BCUT2D eigenvalue weighted by molar-refractivity contribution is -0.157. The van der Waals surface area contributed by atoms with Crippen molar-refractivity contribution in [2.75, 3.05) is 13.2 Å². The molecule has 12 heteroatoms. The summed E-state index contributed by atoms with van der Waals surface area (Å²) >= 11 is 0. The van der Waals surface area contributed by atoms with Crippen molar-refractivity contribution < 1.29 is 39.9 Å². The van der Waals surface area contributed by atoms with Crippen molar-refractivity contribution in [3.8, 4) is 11.1 Å². The number of likely N-dealkylation sites (tertiary alicyclic amines) is 1. The molecule has 0 bridgehead atoms. The van der Waals surface area contributed by atoms with Crippen molar-refractivity contribution in [2.24, 2.45) is 5.41 Å². The molecule has 2 aliphatic heterocycles. The molecule has 1 amide bonds. The molecule has 3 atom stereocenters. The minimum atomic E-state index is -5.04. The number of ether oxygens (including phenoxy) is 1. The van der Waals surface area contributed by atoms with E-state index < -0.39 is 62.7 Å². The molecular formula is C24H23F5N2O4S. The lowest BCUT2D eigenvalue weighted by Gasteiger charge is -2.34. The molecule has 1 saturated carbocycles. The number of benzene rings is 2. The lowest BCUT2D eigenvalue weighted by Crippen LogP contribution is -2.53. The fourth-order valence-electron chi connectivity index (χ4n) is 5.17. The zero-order chi connectivity index (χ0) is 25.8. The molecule has 2 saturated heterocycles. The predicted octanol–water partition coefficient (Wildman–Crippen LogP) is 3.60. The van der Waals surface area contributed by atoms with Crippen LogP contribution < -0.4 is 4.72 Å². The van der Waals surface area contributed by atoms with Gasteiger partial charge in [-0.25, -0.2) is 26.3 Å². The maximum Gasteiger partial charge on any atom is 0.350 e. The molecule has 3 fully saturated rings. The summed E-state index contributed by atoms with van der Waals surface area (Å²) in [5, 5.41) is 0. The summed E-state index contributed by atoms with van der Waals surface area (Å²) in [4.78, 5) is 14.5. The van der Waals surface area contributed by atoms with Crippen molar-refractivity contribution in [3.05, 3.63) is 59.4 Å². The quantitative estimate of drug-likeness (QED) is 0.556. The Morgan fingerprint density at radius 2 is 1.86 bits per heavy atom. The van der Waals surface area contributed by atoms with Crippen LogP contribution in [-0.2, 0) is 26.0 Å². The Hall–Kier alpha value is -2.57. The maximum atomic E-state index is 15.6. The van der Waals surface area contributed by atoms with E-state index in [9.17, 15) is 30.8 Å². The van der Waals surface area contributed by atoms with Gasteiger partial charge < -0.3 is 9.64 Å². The molecular weight excluding hydrogens is 507 g/mol. The number of rotatable bonds is 7. The normalized spacial score (nSPS) is 24.8. The molecule has 1 spiro atoms. The van der Waals surface area contributed by atoms with Crippen molar-refractivity contribution in [1.29, 1.82) is 0 Å². The highest BCUT2D eigenvalue weighted by molar-refractivity contribution is 7.89. The molecule has 1 unspecified atom stereocenters. The van der Waals surface area contributed by atoms with Crippen LogP contribution in [0.3, 0.4) is 0 Å². The fourth-order valence-corrected chi connectivity index (χ4v) is 6.04. The zero-order valence-electron chi connectivity index (χ0n) is 18.9. The Balaban J connectivity index is 1.54. The highest BCUT2D eigenvalue weighted by Crippen LogP contribution is 2.56. The van der Waals surface area contributed by atoms with E-state index in [1.54, 1.807) is 0 Å². The molecule has 36 heavy (non-hydrogen) atoms. The predicted molar refractivity (Wildman–Crippen MR) is 119 cm³/mol. The Bertz CT molecular complexity index is 1300. The van der Waals surface area contributed by atoms with Crippen LogP contribution in [0.4, 0.5) is 22.0 Å². The van der Waals surface area contributed by atoms with Gasteiger partial charge in [0.25, 0.3) is 15.9 Å². The number of hydrogen-bond acceptors (Lipinski definition) is 4. The van der Waals surface area contributed by atoms with Gasteiger partial charge in [-0.05, 0) is 54.7 Å². The largest absolute Gasteiger partial charge is 0.368 e. The van der Waals surface area contributed by atoms with Crippen molar-refractivity contribution >= 4 is 15.9 Å². The number of amides is 1. The SMILES string of the molecule is O=C(C1CCO1)N1CC2(CC2)[C@H](NS(=O)(=O)C(F)F)[C@@H]1Cc1cc(F)cc(-c2cccc(F)c2)c1F. The second-order valence-corrected chi connectivity index (χ2v) is 11.3. The summed E-state index contributed by atoms with van der Waals surface area (Å²) in [6, 6.07) is 4.58. The van der Waals surface area contributed by atoms with Gasteiger partial charge in [-0.1, -0.05) is 12.1 Å². The number of hydrogen-bond donors (Lipinski definition) is 1. The van der Waals surface area contributed by atoms with Gasteiger partial charge in [0.15, 0.2) is 0 Å². The van der Waals surface area contributed by atoms with E-state index in [1.165, 1.54) is 17.0 Å². The number of nitrogens with zero attached hydrogens (tertiary/aromatic N) is 1. The monoisotopic (exact) mass is 530 g/mol. The molecule has 3 aliphatic rings. The third-order valence-electron chi connectivity index (χ3n) is 7.28. The molecule has 0 aromatic heterocycles. The average molecular weight is 531 g/mol. The van der Waals surface area contributed by atoms with E-state index in [2.05, 4.69) is 0 Å². The fraction of sp³-hybridized carbons (Fsp3) is 0.458. The summed E-state index contributed by atoms with van der Waals surface area (Å²) in [5.74, 6) is -6.49. The van der Waals surface area contributed by atoms with Gasteiger partial charge in [0.1, 0.15) is 23.6 Å². The van der Waals surface area contributed by atoms with Gasteiger partial charge in [-0.3, -0.25) is 4.79 Å². The van der Waals surface area contributed by atoms with Crippen LogP contribution in [0, 0.1) is 22.9 Å². The van der Waals surface area contributed by atoms with Crippen molar-refractivity contribution in [3.63, 3.8) is 0 Å². The van der Waals surface area contributed by atoms with Gasteiger partial charge in [-0.2, -0.15) is 8.78 Å². The Morgan fingerprint density at radius 3 is 2.44 bits per heavy atom. The first-order chi connectivity index (χ1) is 17.0. The highest BCUT2D eigenvalue weighted by Gasteiger charge is 2.62. The third kappa shape index (κ3) is 4.50. The Labute approximate surface area is 204 Å². The van der Waals surface area contributed by atoms with Crippen LogP contribution in [-0.4, -0.2) is 56.3 Å². The molecule has 0 radical (unpaired) electrons. The smallest absolute Gasteiger partial charge is 0.350 e. The number of alkyl halides is 2. The molecule has 2 aromatic rings. The zero-order valence-corrected chi connectivity index (χ0v) is 19.7. The number of nitrogens with one attached hydrogen (secondary N) is 1. The standard InChI is InChI=1S/C24H23F5N2O4S/c25-15-3-1-2-13(8-15)17-11-16(26)9-14(20(17)27)10-18-21(30-36(33,34)23(28)29)24(5-6-24)12-31(18)22(32)19-4-7-35-19/h1-3,8-9,11,18-19,21,23,30H,4-7,10,12H2/t18-,19?,21+/m0/s1. The van der Waals surface area contributed by atoms with Crippen LogP contribution in [0.5, 0.6) is 0 Å². The molecule has 2 heterocycles. The van der Waals surface area contributed by atoms with Crippen LogP contribution in [0.1, 0.15) is 24.8 Å². The number of halogens is 5. The molecule has 1 aliphatic carbocycles. The third-order valence-corrected chi connectivity index (χ3v) is 8.33. The van der Waals surface area contributed by atoms with Gasteiger partial charge >= 0.3 is 5.76 Å². The molecule has 5 rings (SSSR count). The Morgan fingerprint density at radius 1 is 1.14 bits per heavy atom.